The molecule has 3 heterocycles. The minimum atomic E-state index is -3.30. The van der Waals surface area contributed by atoms with Crippen LogP contribution in [-0.2, 0) is 22.0 Å². The van der Waals surface area contributed by atoms with Gasteiger partial charge in [-0.25, -0.2) is 22.4 Å². The van der Waals surface area contributed by atoms with E-state index in [1.807, 2.05) is 6.92 Å². The molecule has 10 heteroatoms. The maximum absolute atomic E-state index is 12.7. The van der Waals surface area contributed by atoms with Crippen molar-refractivity contribution in [3.05, 3.63) is 51.6 Å². The standard InChI is InChI=1S/C23H32N6O3S/c1-5-13-33(31,32)28-12-6-7-17(15-28)20-24-21-19(22(30)25-20)26-27-29(21)14-16-8-10-18(11-9-16)23(2,3)4/h8-11,17H,5-7,12-15H2,1-4H3,(H,24,25,30). The van der Waals surface area contributed by atoms with Gasteiger partial charge in [-0.3, -0.25) is 4.79 Å². The van der Waals surface area contributed by atoms with Crippen LogP contribution in [0, 0.1) is 0 Å². The van der Waals surface area contributed by atoms with Gasteiger partial charge in [-0.2, -0.15) is 0 Å². The number of aromatic amines is 1. The van der Waals surface area contributed by atoms with Gasteiger partial charge in [0.1, 0.15) is 5.82 Å². The average molecular weight is 473 g/mol. The number of nitrogens with zero attached hydrogens (tertiary/aromatic N) is 5. The van der Waals surface area contributed by atoms with E-state index in [0.29, 0.717) is 37.5 Å². The zero-order valence-corrected chi connectivity index (χ0v) is 20.5. The van der Waals surface area contributed by atoms with E-state index in [0.717, 1.165) is 18.4 Å². The van der Waals surface area contributed by atoms with Crippen molar-refractivity contribution >= 4 is 21.2 Å². The smallest absolute Gasteiger partial charge is 0.281 e. The minimum Gasteiger partial charge on any atom is -0.308 e. The molecule has 1 aliphatic heterocycles. The first kappa shape index (κ1) is 23.6. The molecular formula is C23H32N6O3S. The summed E-state index contributed by atoms with van der Waals surface area (Å²) in [5.41, 5.74) is 2.61. The molecule has 0 radical (unpaired) electrons. The van der Waals surface area contributed by atoms with Gasteiger partial charge in [-0.15, -0.1) is 5.10 Å². The molecule has 9 nitrogen and oxygen atoms in total. The molecule has 0 saturated carbocycles. The van der Waals surface area contributed by atoms with Crippen LogP contribution in [0.15, 0.2) is 29.1 Å². The van der Waals surface area contributed by atoms with E-state index >= 15 is 0 Å². The summed E-state index contributed by atoms with van der Waals surface area (Å²) in [4.78, 5) is 20.2. The summed E-state index contributed by atoms with van der Waals surface area (Å²) in [7, 11) is -3.30. The first-order chi connectivity index (χ1) is 15.6. The van der Waals surface area contributed by atoms with Gasteiger partial charge >= 0.3 is 0 Å². The summed E-state index contributed by atoms with van der Waals surface area (Å²) in [5, 5.41) is 8.20. The topological polar surface area (TPSA) is 114 Å². The van der Waals surface area contributed by atoms with Crippen LogP contribution in [0.2, 0.25) is 0 Å². The molecule has 33 heavy (non-hydrogen) atoms. The summed E-state index contributed by atoms with van der Waals surface area (Å²) in [5.74, 6) is 0.459. The summed E-state index contributed by atoms with van der Waals surface area (Å²) in [6, 6.07) is 8.32. The lowest BCUT2D eigenvalue weighted by Gasteiger charge is -2.31. The second-order valence-electron chi connectivity index (χ2n) is 9.83. The van der Waals surface area contributed by atoms with Gasteiger partial charge in [0.25, 0.3) is 5.56 Å². The molecule has 1 N–H and O–H groups in total. The van der Waals surface area contributed by atoms with Crippen LogP contribution in [-0.4, -0.2) is 56.5 Å². The normalized spacial score (nSPS) is 18.1. The Bertz CT molecular complexity index is 1290. The highest BCUT2D eigenvalue weighted by atomic mass is 32.2. The molecular weight excluding hydrogens is 440 g/mol. The third-order valence-corrected chi connectivity index (χ3v) is 8.21. The molecule has 0 aliphatic carbocycles. The van der Waals surface area contributed by atoms with Crippen molar-refractivity contribution in [2.24, 2.45) is 0 Å². The minimum absolute atomic E-state index is 0.0702. The van der Waals surface area contributed by atoms with E-state index in [1.54, 1.807) is 4.68 Å². The van der Waals surface area contributed by atoms with Crippen LogP contribution < -0.4 is 5.56 Å². The monoisotopic (exact) mass is 472 g/mol. The molecule has 1 unspecified atom stereocenters. The van der Waals surface area contributed by atoms with Crippen molar-refractivity contribution in [1.82, 2.24) is 29.3 Å². The second kappa shape index (κ2) is 8.98. The molecule has 3 aromatic rings. The predicted octanol–water partition coefficient (Wildman–Crippen LogP) is 2.78. The second-order valence-corrected chi connectivity index (χ2v) is 11.9. The van der Waals surface area contributed by atoms with Crippen LogP contribution in [0.5, 0.6) is 0 Å². The fourth-order valence-electron chi connectivity index (χ4n) is 4.27. The van der Waals surface area contributed by atoms with Crippen molar-refractivity contribution in [3.8, 4) is 0 Å². The Balaban J connectivity index is 1.62. The molecule has 178 valence electrons. The number of hydrogen-bond acceptors (Lipinski definition) is 6. The maximum atomic E-state index is 12.7. The number of fused-ring (bicyclic) bond motifs is 1. The van der Waals surface area contributed by atoms with E-state index in [4.69, 9.17) is 4.98 Å². The van der Waals surface area contributed by atoms with Crippen molar-refractivity contribution in [3.63, 3.8) is 0 Å². The maximum Gasteiger partial charge on any atom is 0.281 e. The van der Waals surface area contributed by atoms with Gasteiger partial charge < -0.3 is 4.98 Å². The summed E-state index contributed by atoms with van der Waals surface area (Å²) < 4.78 is 28.3. The van der Waals surface area contributed by atoms with Crippen LogP contribution in [0.3, 0.4) is 0 Å². The van der Waals surface area contributed by atoms with Crippen molar-refractivity contribution in [1.29, 1.82) is 0 Å². The largest absolute Gasteiger partial charge is 0.308 e. The number of H-pyrrole nitrogens is 1. The number of sulfonamides is 1. The van der Waals surface area contributed by atoms with Crippen LogP contribution >= 0.6 is 0 Å². The predicted molar refractivity (Wildman–Crippen MR) is 128 cm³/mol. The molecule has 1 atom stereocenters. The summed E-state index contributed by atoms with van der Waals surface area (Å²) >= 11 is 0. The molecule has 2 aromatic heterocycles. The summed E-state index contributed by atoms with van der Waals surface area (Å²) in [6.07, 6.45) is 2.07. The zero-order chi connectivity index (χ0) is 23.8. The quantitative estimate of drug-likeness (QED) is 0.590. The van der Waals surface area contributed by atoms with Gasteiger partial charge in [0, 0.05) is 19.0 Å². The van der Waals surface area contributed by atoms with E-state index < -0.39 is 10.0 Å². The number of aromatic nitrogens is 5. The van der Waals surface area contributed by atoms with Gasteiger partial charge in [0.2, 0.25) is 10.0 Å². The highest BCUT2D eigenvalue weighted by molar-refractivity contribution is 7.89. The number of benzene rings is 1. The fourth-order valence-corrected chi connectivity index (χ4v) is 5.86. The van der Waals surface area contributed by atoms with Gasteiger partial charge in [0.15, 0.2) is 11.2 Å². The molecule has 0 amide bonds. The van der Waals surface area contributed by atoms with E-state index in [9.17, 15) is 13.2 Å². The lowest BCUT2D eigenvalue weighted by Crippen LogP contribution is -2.41. The Morgan fingerprint density at radius 3 is 2.58 bits per heavy atom. The Hall–Kier alpha value is -2.59. The molecule has 1 fully saturated rings. The van der Waals surface area contributed by atoms with Gasteiger partial charge in [0.05, 0.1) is 12.3 Å². The van der Waals surface area contributed by atoms with E-state index in [2.05, 4.69) is 60.3 Å². The highest BCUT2D eigenvalue weighted by Crippen LogP contribution is 2.27. The third-order valence-electron chi connectivity index (χ3n) is 6.17. The van der Waals surface area contributed by atoms with E-state index in [-0.39, 0.29) is 28.2 Å². The Morgan fingerprint density at radius 2 is 1.91 bits per heavy atom. The SMILES string of the molecule is CCCS(=O)(=O)N1CCCC(c2nc3c(nnn3Cc3ccc(C(C)(C)C)cc3)c(=O)[nH]2)C1. The molecule has 1 saturated heterocycles. The Kier molecular flexibility index (Phi) is 6.41. The number of rotatable bonds is 6. The number of nitrogens with one attached hydrogen (secondary N) is 1. The van der Waals surface area contributed by atoms with Crippen LogP contribution in [0.25, 0.3) is 11.2 Å². The van der Waals surface area contributed by atoms with Crippen molar-refractivity contribution in [2.75, 3.05) is 18.8 Å². The van der Waals surface area contributed by atoms with Gasteiger partial charge in [-0.1, -0.05) is 57.2 Å². The van der Waals surface area contributed by atoms with Crippen molar-refractivity contribution < 1.29 is 8.42 Å². The van der Waals surface area contributed by atoms with Crippen molar-refractivity contribution in [2.45, 2.75) is 64.8 Å². The lowest BCUT2D eigenvalue weighted by atomic mass is 9.87. The molecule has 0 bridgehead atoms. The molecule has 0 spiro atoms. The van der Waals surface area contributed by atoms with Crippen LogP contribution in [0.4, 0.5) is 0 Å². The number of piperidine rings is 1. The number of hydrogen-bond donors (Lipinski definition) is 1. The van der Waals surface area contributed by atoms with E-state index in [1.165, 1.54) is 9.87 Å². The van der Waals surface area contributed by atoms with Crippen LogP contribution in [0.1, 0.15) is 69.8 Å². The zero-order valence-electron chi connectivity index (χ0n) is 19.7. The first-order valence-electron chi connectivity index (χ1n) is 11.5. The average Bonchev–Trinajstić information content (AvgIpc) is 3.17. The highest BCUT2D eigenvalue weighted by Gasteiger charge is 2.31. The fraction of sp³-hybridized carbons (Fsp3) is 0.565. The Labute approximate surface area is 194 Å². The lowest BCUT2D eigenvalue weighted by molar-refractivity contribution is 0.309. The first-order valence-corrected chi connectivity index (χ1v) is 13.1. The molecule has 1 aliphatic rings. The summed E-state index contributed by atoms with van der Waals surface area (Å²) in [6.45, 7) is 9.65. The Morgan fingerprint density at radius 1 is 1.18 bits per heavy atom. The van der Waals surface area contributed by atoms with Gasteiger partial charge in [-0.05, 0) is 35.8 Å². The third kappa shape index (κ3) is 5.01. The molecule has 1 aromatic carbocycles. The molecule has 4 rings (SSSR count).